The maximum Gasteiger partial charge on any atom is 0.343 e. The Balaban J connectivity index is 1.25. The average molecular weight is 1220 g/mol. The van der Waals surface area contributed by atoms with Gasteiger partial charge in [-0.05, 0) is 186 Å². The number of rotatable bonds is 43. The maximum absolute atomic E-state index is 14.4. The van der Waals surface area contributed by atoms with E-state index in [9.17, 15) is 28.8 Å². The van der Waals surface area contributed by atoms with Crippen molar-refractivity contribution >= 4 is 69.3 Å². The number of carbonyl (C=O) groups excluding carboxylic acids is 6. The zero-order valence-corrected chi connectivity index (χ0v) is 50.6. The summed E-state index contributed by atoms with van der Waals surface area (Å²) in [5.74, 6) is -1.06. The summed E-state index contributed by atoms with van der Waals surface area (Å²) in [6, 6.07) is 31.9. The van der Waals surface area contributed by atoms with E-state index in [0.717, 1.165) is 124 Å². The van der Waals surface area contributed by atoms with Gasteiger partial charge >= 0.3 is 35.8 Å². The minimum absolute atomic E-state index is 0.0654. The van der Waals surface area contributed by atoms with Crippen molar-refractivity contribution in [3.63, 3.8) is 0 Å². The second-order valence-electron chi connectivity index (χ2n) is 20.4. The Bertz CT molecular complexity index is 3340. The molecule has 0 spiro atoms. The molecule has 0 aromatic heterocycles. The minimum atomic E-state index is -0.692. The summed E-state index contributed by atoms with van der Waals surface area (Å²) in [6.07, 6.45) is 18.6. The van der Waals surface area contributed by atoms with Crippen molar-refractivity contribution in [2.45, 2.75) is 103 Å². The van der Waals surface area contributed by atoms with Gasteiger partial charge in [-0.3, -0.25) is 5.43 Å². The van der Waals surface area contributed by atoms with Gasteiger partial charge in [0.2, 0.25) is 0 Å². The van der Waals surface area contributed by atoms with Gasteiger partial charge in [0.05, 0.1) is 81.4 Å². The minimum Gasteiger partial charge on any atom is -0.494 e. The van der Waals surface area contributed by atoms with E-state index in [1.807, 2.05) is 36.4 Å². The zero-order valence-electron chi connectivity index (χ0n) is 50.6. The molecule has 0 saturated heterocycles. The smallest absolute Gasteiger partial charge is 0.343 e. The molecule has 0 heterocycles. The van der Waals surface area contributed by atoms with Crippen LogP contribution in [0.2, 0.25) is 0 Å². The van der Waals surface area contributed by atoms with Gasteiger partial charge in [0.1, 0.15) is 17.2 Å². The summed E-state index contributed by atoms with van der Waals surface area (Å²) in [5, 5.41) is 7.38. The molecular weight excluding hydrogens is 1140 g/mol. The number of hydrogen-bond acceptors (Lipinski definition) is 18. The Labute approximate surface area is 520 Å². The van der Waals surface area contributed by atoms with Crippen LogP contribution in [-0.2, 0) is 38.1 Å². The molecule has 0 amide bonds. The van der Waals surface area contributed by atoms with Crippen molar-refractivity contribution in [1.29, 1.82) is 0 Å². The highest BCUT2D eigenvalue weighted by Crippen LogP contribution is 2.46. The summed E-state index contributed by atoms with van der Waals surface area (Å²) in [4.78, 5) is 74.3. The number of nitrogens with one attached hydrogen (secondary N) is 1. The predicted octanol–water partition coefficient (Wildman–Crippen LogP) is 14.6. The summed E-state index contributed by atoms with van der Waals surface area (Å²) < 4.78 is 57.8. The number of esters is 6. The molecule has 6 aromatic rings. The third-order valence-corrected chi connectivity index (χ3v) is 13.7. The largest absolute Gasteiger partial charge is 0.494 e. The van der Waals surface area contributed by atoms with Crippen LogP contribution in [0.4, 0.5) is 5.69 Å². The summed E-state index contributed by atoms with van der Waals surface area (Å²) in [7, 11) is 0. The number of hydrogen-bond donors (Lipinski definition) is 1. The van der Waals surface area contributed by atoms with Crippen molar-refractivity contribution in [2.24, 2.45) is 5.10 Å². The van der Waals surface area contributed by atoms with Gasteiger partial charge in [0, 0.05) is 35.1 Å². The lowest BCUT2D eigenvalue weighted by molar-refractivity contribution is -0.138. The van der Waals surface area contributed by atoms with Crippen molar-refractivity contribution in [1.82, 2.24) is 0 Å². The molecule has 6 aromatic carbocycles. The molecule has 0 aliphatic rings. The highest BCUT2D eigenvalue weighted by atomic mass is 16.6. The van der Waals surface area contributed by atoms with Crippen molar-refractivity contribution in [3.8, 4) is 34.5 Å². The van der Waals surface area contributed by atoms with Gasteiger partial charge < -0.3 is 47.4 Å². The molecule has 0 fully saturated rings. The molecule has 0 aliphatic carbocycles. The fraction of sp³-hybridized carbons (Fsp3) is 0.338. The third kappa shape index (κ3) is 24.2. The second-order valence-corrected chi connectivity index (χ2v) is 20.4. The van der Waals surface area contributed by atoms with Crippen LogP contribution in [0, 0.1) is 0 Å². The van der Waals surface area contributed by atoms with Crippen LogP contribution in [0.15, 0.2) is 165 Å². The summed E-state index contributed by atoms with van der Waals surface area (Å²) >= 11 is 0. The van der Waals surface area contributed by atoms with Gasteiger partial charge in [-0.2, -0.15) is 5.10 Å². The number of benzene rings is 6. The Hall–Kier alpha value is -9.71. The molecule has 0 bridgehead atoms. The molecule has 0 aliphatic heterocycles. The monoisotopic (exact) mass is 1220 g/mol. The van der Waals surface area contributed by atoms with E-state index in [0.29, 0.717) is 86.9 Å². The number of hydrazone groups is 1. The topological polar surface area (TPSA) is 219 Å². The molecule has 470 valence electrons. The molecule has 0 radical (unpaired) electrons. The zero-order chi connectivity index (χ0) is 63.3. The van der Waals surface area contributed by atoms with E-state index in [1.165, 1.54) is 6.21 Å². The van der Waals surface area contributed by atoms with Gasteiger partial charge in [0.25, 0.3) is 0 Å². The van der Waals surface area contributed by atoms with Crippen molar-refractivity contribution in [2.75, 3.05) is 58.3 Å². The van der Waals surface area contributed by atoms with Crippen LogP contribution >= 0.6 is 0 Å². The number of carbonyl (C=O) groups is 6. The number of fused-ring (bicyclic) bond motifs is 2. The molecular formula is C71H80N2O16. The highest BCUT2D eigenvalue weighted by Gasteiger charge is 2.27. The normalized spacial score (nSPS) is 10.8. The number of ether oxygens (including phenoxy) is 10. The Morgan fingerprint density at radius 2 is 0.730 bits per heavy atom. The van der Waals surface area contributed by atoms with Crippen LogP contribution in [0.1, 0.15) is 129 Å². The van der Waals surface area contributed by atoms with Gasteiger partial charge in [0.15, 0.2) is 17.2 Å². The quantitative estimate of drug-likeness (QED) is 0.00715. The third-order valence-electron chi connectivity index (χ3n) is 13.7. The second kappa shape index (κ2) is 39.2. The van der Waals surface area contributed by atoms with E-state index >= 15 is 0 Å². The van der Waals surface area contributed by atoms with E-state index in [-0.39, 0.29) is 47.2 Å². The summed E-state index contributed by atoms with van der Waals surface area (Å²) in [5.41, 5.74) is 4.43. The van der Waals surface area contributed by atoms with Crippen LogP contribution in [0.3, 0.4) is 0 Å². The van der Waals surface area contributed by atoms with Crippen LogP contribution < -0.4 is 33.8 Å². The number of anilines is 1. The lowest BCUT2D eigenvalue weighted by Gasteiger charge is -2.20. The first-order valence-electron chi connectivity index (χ1n) is 30.2. The lowest BCUT2D eigenvalue weighted by atomic mass is 10.0. The molecule has 18 heteroatoms. The Morgan fingerprint density at radius 3 is 1.17 bits per heavy atom. The molecule has 0 saturated carbocycles. The predicted molar refractivity (Wildman–Crippen MR) is 342 cm³/mol. The fourth-order valence-corrected chi connectivity index (χ4v) is 8.98. The molecule has 18 nitrogen and oxygen atoms in total. The Kier molecular flexibility index (Phi) is 30.1. The Morgan fingerprint density at radius 1 is 0.371 bits per heavy atom. The number of unbranched alkanes of at least 4 members (excludes halogenated alkanes) is 12. The van der Waals surface area contributed by atoms with Crippen molar-refractivity contribution in [3.05, 3.63) is 177 Å². The molecule has 0 atom stereocenters. The van der Waals surface area contributed by atoms with E-state index in [4.69, 9.17) is 52.5 Å². The standard InChI is InChI=1S/C71H80N2O16/c1-5-63(74)83-44-22-12-9-19-41-80-57-36-30-52(31-37-57)70(78)88-67-60-27-17-18-28-61(60)69(89-71(79)53-32-38-58(39-33-53)81-42-20-10-13-23-45-84-64(75)6-2)68(87-48-26-16-15-25-47-86-66(77)8-4)62(67)51-72-73-56-35-29-55-50-59(40-34-54(55)49-56)82-43-21-11-14-24-46-85-65(76)7-3/h5-8,17-18,27-40,49-51,73H,1-4,9-16,19-26,41-48H2/b72-51+. The SMILES string of the molecule is C=CC(=O)OCCCCCCOc1ccc(C(=O)Oc2c(/C=N/Nc3ccc4cc(OCCCCCCOC(=O)C=C)ccc4c3)c(OCCCCCCOC(=O)C=C)c(OC(=O)c3ccc(OCCCCCCOC(=O)C=C)cc3)c3ccccc23)cc1. The van der Waals surface area contributed by atoms with E-state index in [2.05, 4.69) is 31.7 Å². The fourth-order valence-electron chi connectivity index (χ4n) is 8.98. The molecule has 6 rings (SSSR count). The first kappa shape index (κ1) is 68.4. The van der Waals surface area contributed by atoms with Crippen molar-refractivity contribution < 1.29 is 76.1 Å². The van der Waals surface area contributed by atoms with Gasteiger partial charge in [-0.15, -0.1) is 0 Å². The number of nitrogens with zero attached hydrogens (tertiary/aromatic N) is 1. The van der Waals surface area contributed by atoms with E-state index in [1.54, 1.807) is 72.8 Å². The molecule has 1 N–H and O–H groups in total. The lowest BCUT2D eigenvalue weighted by Crippen LogP contribution is -2.14. The van der Waals surface area contributed by atoms with E-state index < -0.39 is 35.8 Å². The summed E-state index contributed by atoms with van der Waals surface area (Å²) in [6.45, 7) is 16.5. The highest BCUT2D eigenvalue weighted by molar-refractivity contribution is 6.08. The van der Waals surface area contributed by atoms with Crippen LogP contribution in [-0.4, -0.2) is 94.9 Å². The first-order valence-corrected chi connectivity index (χ1v) is 30.2. The van der Waals surface area contributed by atoms with Crippen LogP contribution in [0.25, 0.3) is 21.5 Å². The van der Waals surface area contributed by atoms with Crippen LogP contribution in [0.5, 0.6) is 34.5 Å². The van der Waals surface area contributed by atoms with Gasteiger partial charge in [-0.1, -0.05) is 62.7 Å². The van der Waals surface area contributed by atoms with Gasteiger partial charge in [-0.25, -0.2) is 28.8 Å². The molecule has 0 unspecified atom stereocenters. The first-order chi connectivity index (χ1) is 43.5. The average Bonchev–Trinajstić information content (AvgIpc) is 1.04. The molecule has 89 heavy (non-hydrogen) atoms. The maximum atomic E-state index is 14.4.